The molecule has 0 saturated heterocycles. The summed E-state index contributed by atoms with van der Waals surface area (Å²) in [4.78, 5) is 1.78. The highest BCUT2D eigenvalue weighted by Gasteiger charge is 2.12. The Hall–Kier alpha value is -1.06. The lowest BCUT2D eigenvalue weighted by atomic mass is 10.2. The first-order chi connectivity index (χ1) is 5.59. The maximum atomic E-state index is 11.8. The number of hydrogen-bond acceptors (Lipinski definition) is 2. The molecule has 0 aromatic rings. The smallest absolute Gasteiger partial charge is 0.387 e. The van der Waals surface area contributed by atoms with Crippen LogP contribution in [0.5, 0.6) is 0 Å². The first-order valence-corrected chi connectivity index (χ1v) is 3.63. The van der Waals surface area contributed by atoms with Crippen molar-refractivity contribution in [3.63, 3.8) is 0 Å². The minimum Gasteiger partial charge on any atom is -0.433 e. The average Bonchev–Trinajstić information content (AvgIpc) is 1.96. The molecule has 0 atom stereocenters. The fourth-order valence-corrected chi connectivity index (χ4v) is 0.956. The molecule has 0 aliphatic carbocycles. The quantitative estimate of drug-likeness (QED) is 0.636. The van der Waals surface area contributed by atoms with E-state index in [1.165, 1.54) is 0 Å². The number of halogens is 2. The summed E-state index contributed by atoms with van der Waals surface area (Å²) in [5.74, 6) is 0.249. The molecular formula is C8H11F2NO. The molecule has 1 rings (SSSR count). The molecule has 0 aromatic heterocycles. The topological polar surface area (TPSA) is 12.5 Å². The Morgan fingerprint density at radius 1 is 1.58 bits per heavy atom. The van der Waals surface area contributed by atoms with Crippen LogP contribution in [0.4, 0.5) is 8.78 Å². The maximum absolute atomic E-state index is 11.8. The molecule has 12 heavy (non-hydrogen) atoms. The Bertz CT molecular complexity index is 223. The Kier molecular flexibility index (Phi) is 2.68. The molecule has 68 valence electrons. The Labute approximate surface area is 70.1 Å². The molecular weight excluding hydrogens is 164 g/mol. The van der Waals surface area contributed by atoms with Crippen molar-refractivity contribution in [2.24, 2.45) is 0 Å². The van der Waals surface area contributed by atoms with Crippen LogP contribution in [-0.2, 0) is 4.74 Å². The van der Waals surface area contributed by atoms with Gasteiger partial charge < -0.3 is 9.64 Å². The molecule has 0 saturated carbocycles. The first kappa shape index (κ1) is 9.03. The van der Waals surface area contributed by atoms with E-state index in [0.717, 1.165) is 12.1 Å². The molecule has 1 heterocycles. The highest BCUT2D eigenvalue weighted by molar-refractivity contribution is 5.26. The van der Waals surface area contributed by atoms with Crippen molar-refractivity contribution in [1.29, 1.82) is 0 Å². The predicted molar refractivity (Wildman–Crippen MR) is 41.6 cm³/mol. The predicted octanol–water partition coefficient (Wildman–Crippen LogP) is 1.96. The minimum absolute atomic E-state index is 0.249. The fourth-order valence-electron chi connectivity index (χ4n) is 0.956. The lowest BCUT2D eigenvalue weighted by Gasteiger charge is -2.20. The van der Waals surface area contributed by atoms with Crippen molar-refractivity contribution in [3.05, 3.63) is 23.6 Å². The van der Waals surface area contributed by atoms with Crippen molar-refractivity contribution < 1.29 is 13.5 Å². The van der Waals surface area contributed by atoms with E-state index in [9.17, 15) is 8.78 Å². The number of hydrogen-bond donors (Lipinski definition) is 0. The summed E-state index contributed by atoms with van der Waals surface area (Å²) in [7, 11) is 1.80. The summed E-state index contributed by atoms with van der Waals surface area (Å²) in [6.45, 7) is -0.255. The molecule has 0 radical (unpaired) electrons. The standard InChI is InChI=1S/C8H11F2NO/c1-6-3-4-11(2)5-7(6)12-8(9)10/h3,5,8H,4H2,1-2H3. The van der Waals surface area contributed by atoms with Crippen LogP contribution in [0.1, 0.15) is 6.92 Å². The van der Waals surface area contributed by atoms with Gasteiger partial charge in [-0.2, -0.15) is 8.78 Å². The molecule has 4 heteroatoms. The summed E-state index contributed by atoms with van der Waals surface area (Å²) in [6.07, 6.45) is 3.42. The summed E-state index contributed by atoms with van der Waals surface area (Å²) < 4.78 is 27.9. The third-order valence-corrected chi connectivity index (χ3v) is 1.63. The zero-order valence-corrected chi connectivity index (χ0v) is 7.05. The largest absolute Gasteiger partial charge is 0.433 e. The monoisotopic (exact) mass is 175 g/mol. The van der Waals surface area contributed by atoms with Gasteiger partial charge in [-0.05, 0) is 12.5 Å². The van der Waals surface area contributed by atoms with Crippen molar-refractivity contribution in [2.75, 3.05) is 13.6 Å². The lowest BCUT2D eigenvalue weighted by Crippen LogP contribution is -2.18. The highest BCUT2D eigenvalue weighted by atomic mass is 19.3. The van der Waals surface area contributed by atoms with E-state index in [-0.39, 0.29) is 5.76 Å². The second-order valence-electron chi connectivity index (χ2n) is 2.70. The molecule has 0 N–H and O–H groups in total. The van der Waals surface area contributed by atoms with Crippen molar-refractivity contribution in [1.82, 2.24) is 4.90 Å². The summed E-state index contributed by atoms with van der Waals surface area (Å²) in [5.41, 5.74) is 0.758. The van der Waals surface area contributed by atoms with E-state index in [2.05, 4.69) is 4.74 Å². The molecule has 0 amide bonds. The van der Waals surface area contributed by atoms with Gasteiger partial charge in [-0.15, -0.1) is 0 Å². The van der Waals surface area contributed by atoms with E-state index >= 15 is 0 Å². The molecule has 1 aliphatic rings. The molecule has 0 fully saturated rings. The van der Waals surface area contributed by atoms with Crippen LogP contribution in [0.15, 0.2) is 23.6 Å². The van der Waals surface area contributed by atoms with Crippen LogP contribution in [0.3, 0.4) is 0 Å². The van der Waals surface area contributed by atoms with Gasteiger partial charge in [0, 0.05) is 19.8 Å². The van der Waals surface area contributed by atoms with Gasteiger partial charge in [-0.3, -0.25) is 0 Å². The zero-order valence-electron chi connectivity index (χ0n) is 7.05. The zero-order chi connectivity index (χ0) is 9.14. The van der Waals surface area contributed by atoms with Gasteiger partial charge in [-0.1, -0.05) is 6.08 Å². The molecule has 0 bridgehead atoms. The van der Waals surface area contributed by atoms with Gasteiger partial charge >= 0.3 is 6.61 Å². The average molecular weight is 175 g/mol. The Morgan fingerprint density at radius 3 is 2.83 bits per heavy atom. The normalized spacial score (nSPS) is 17.6. The number of nitrogens with zero attached hydrogens (tertiary/aromatic N) is 1. The van der Waals surface area contributed by atoms with Crippen molar-refractivity contribution in [2.45, 2.75) is 13.5 Å². The SMILES string of the molecule is CC1=CCN(C)C=C1OC(F)F. The third kappa shape index (κ3) is 2.22. The number of allylic oxidation sites excluding steroid dienone is 1. The molecule has 0 aromatic carbocycles. The number of likely N-dealkylation sites (N-methyl/N-ethyl adjacent to an activating group) is 1. The van der Waals surface area contributed by atoms with E-state index in [0.29, 0.717) is 0 Å². The summed E-state index contributed by atoms with van der Waals surface area (Å²) in [6, 6.07) is 0. The minimum atomic E-state index is -2.74. The van der Waals surface area contributed by atoms with Crippen LogP contribution in [0.25, 0.3) is 0 Å². The van der Waals surface area contributed by atoms with Crippen molar-refractivity contribution in [3.8, 4) is 0 Å². The van der Waals surface area contributed by atoms with Gasteiger partial charge in [0.05, 0.1) is 0 Å². The van der Waals surface area contributed by atoms with E-state index in [1.807, 2.05) is 6.08 Å². The molecule has 0 unspecified atom stereocenters. The number of rotatable bonds is 2. The van der Waals surface area contributed by atoms with Gasteiger partial charge in [0.15, 0.2) is 0 Å². The summed E-state index contributed by atoms with van der Waals surface area (Å²) in [5, 5.41) is 0. The van der Waals surface area contributed by atoms with Gasteiger partial charge in [0.25, 0.3) is 0 Å². The van der Waals surface area contributed by atoms with E-state index < -0.39 is 6.61 Å². The fraction of sp³-hybridized carbons (Fsp3) is 0.500. The van der Waals surface area contributed by atoms with Crippen LogP contribution in [0.2, 0.25) is 0 Å². The van der Waals surface area contributed by atoms with Crippen LogP contribution < -0.4 is 0 Å². The van der Waals surface area contributed by atoms with Gasteiger partial charge in [0.1, 0.15) is 5.76 Å². The van der Waals surface area contributed by atoms with Crippen LogP contribution in [-0.4, -0.2) is 25.1 Å². The molecule has 1 aliphatic heterocycles. The lowest BCUT2D eigenvalue weighted by molar-refractivity contribution is -0.0947. The maximum Gasteiger partial charge on any atom is 0.387 e. The Balaban J connectivity index is 2.66. The van der Waals surface area contributed by atoms with E-state index in [1.54, 1.807) is 25.1 Å². The van der Waals surface area contributed by atoms with E-state index in [4.69, 9.17) is 0 Å². The Morgan fingerprint density at radius 2 is 2.25 bits per heavy atom. The van der Waals surface area contributed by atoms with Crippen molar-refractivity contribution >= 4 is 0 Å². The second-order valence-corrected chi connectivity index (χ2v) is 2.70. The first-order valence-electron chi connectivity index (χ1n) is 3.63. The highest BCUT2D eigenvalue weighted by Crippen LogP contribution is 2.18. The van der Waals surface area contributed by atoms with Crippen LogP contribution in [0, 0.1) is 0 Å². The molecule has 0 spiro atoms. The number of ether oxygens (including phenoxy) is 1. The molecule has 2 nitrogen and oxygen atoms in total. The van der Waals surface area contributed by atoms with Gasteiger partial charge in [-0.25, -0.2) is 0 Å². The van der Waals surface area contributed by atoms with Crippen LogP contribution >= 0.6 is 0 Å². The third-order valence-electron chi connectivity index (χ3n) is 1.63. The second kappa shape index (κ2) is 3.56. The van der Waals surface area contributed by atoms with Gasteiger partial charge in [0.2, 0.25) is 0 Å². The summed E-state index contributed by atoms with van der Waals surface area (Å²) >= 11 is 0. The number of alkyl halides is 2.